The molecule has 154 valence electrons. The third kappa shape index (κ3) is 3.99. The Morgan fingerprint density at radius 1 is 1.10 bits per heavy atom. The molecule has 0 radical (unpaired) electrons. The molecule has 0 spiro atoms. The normalized spacial score (nSPS) is 11.6. The Morgan fingerprint density at radius 2 is 1.90 bits per heavy atom. The fourth-order valence-corrected chi connectivity index (χ4v) is 3.24. The van der Waals surface area contributed by atoms with Crippen LogP contribution in [0.2, 0.25) is 10.0 Å². The van der Waals surface area contributed by atoms with Crippen molar-refractivity contribution in [1.29, 1.82) is 0 Å². The van der Waals surface area contributed by atoms with Gasteiger partial charge >= 0.3 is 6.03 Å². The van der Waals surface area contributed by atoms with Crippen molar-refractivity contribution < 1.29 is 9.32 Å². The maximum absolute atomic E-state index is 12.7. The average molecular weight is 444 g/mol. The van der Waals surface area contributed by atoms with Crippen molar-refractivity contribution in [1.82, 2.24) is 14.9 Å². The number of carbonyl (C=O) groups is 1. The van der Waals surface area contributed by atoms with Crippen LogP contribution < -0.4 is 10.6 Å². The third-order valence-corrected chi connectivity index (χ3v) is 5.32. The summed E-state index contributed by atoms with van der Waals surface area (Å²) >= 11 is 12.2. The molecule has 0 unspecified atom stereocenters. The number of carbonyl (C=O) groups excluding carboxylic acids is 1. The Bertz CT molecular complexity index is 1240. The van der Waals surface area contributed by atoms with Crippen LogP contribution >= 0.6 is 23.2 Å². The van der Waals surface area contributed by atoms with Gasteiger partial charge in [-0.25, -0.2) is 9.48 Å². The summed E-state index contributed by atoms with van der Waals surface area (Å²) in [5.41, 5.74) is 2.45. The van der Waals surface area contributed by atoms with Crippen molar-refractivity contribution in [3.8, 4) is 5.69 Å². The van der Waals surface area contributed by atoms with Crippen LogP contribution in [0.25, 0.3) is 16.7 Å². The summed E-state index contributed by atoms with van der Waals surface area (Å²) in [7, 11) is 0. The predicted octanol–water partition coefficient (Wildman–Crippen LogP) is 6.26. The van der Waals surface area contributed by atoms with Gasteiger partial charge in [0.25, 0.3) is 0 Å². The van der Waals surface area contributed by atoms with Gasteiger partial charge in [0.1, 0.15) is 5.82 Å². The van der Waals surface area contributed by atoms with Crippen LogP contribution in [0.5, 0.6) is 0 Å². The maximum Gasteiger partial charge on any atom is 0.324 e. The Balaban J connectivity index is 1.68. The van der Waals surface area contributed by atoms with Gasteiger partial charge in [-0.3, -0.25) is 5.32 Å². The molecule has 2 N–H and O–H groups in total. The van der Waals surface area contributed by atoms with Gasteiger partial charge in [-0.05, 0) is 30.3 Å². The molecule has 4 aromatic rings. The largest absolute Gasteiger partial charge is 0.356 e. The van der Waals surface area contributed by atoms with E-state index in [1.54, 1.807) is 29.1 Å². The smallest absolute Gasteiger partial charge is 0.324 e. The number of nitrogens with zero attached hydrogens (tertiary/aromatic N) is 3. The van der Waals surface area contributed by atoms with Gasteiger partial charge in [0.05, 0.1) is 33.3 Å². The lowest BCUT2D eigenvalue weighted by molar-refractivity contribution is 0.262. The molecule has 4 rings (SSSR count). The first-order valence-electron chi connectivity index (χ1n) is 9.20. The molecule has 2 heterocycles. The molecular formula is C21H19Cl2N5O2. The maximum atomic E-state index is 12.7. The third-order valence-electron chi connectivity index (χ3n) is 4.50. The zero-order chi connectivity index (χ0) is 21.5. The summed E-state index contributed by atoms with van der Waals surface area (Å²) in [6.07, 6.45) is 1.63. The molecule has 0 saturated carbocycles. The number of halogens is 2. The molecule has 0 saturated heterocycles. The first-order chi connectivity index (χ1) is 14.2. The zero-order valence-electron chi connectivity index (χ0n) is 16.5. The van der Waals surface area contributed by atoms with Crippen LogP contribution in [0, 0.1) is 0 Å². The van der Waals surface area contributed by atoms with E-state index in [0.717, 1.165) is 16.8 Å². The molecule has 0 aliphatic rings. The lowest BCUT2D eigenvalue weighted by atomic mass is 9.92. The highest BCUT2D eigenvalue weighted by Gasteiger charge is 2.22. The van der Waals surface area contributed by atoms with Crippen molar-refractivity contribution in [3.63, 3.8) is 0 Å². The molecule has 0 bridgehead atoms. The highest BCUT2D eigenvalue weighted by Crippen LogP contribution is 2.30. The van der Waals surface area contributed by atoms with Gasteiger partial charge < -0.3 is 9.84 Å². The summed E-state index contributed by atoms with van der Waals surface area (Å²) in [6.45, 7) is 6.16. The molecule has 0 aliphatic heterocycles. The minimum atomic E-state index is -0.466. The SMILES string of the molecule is CC(C)(C)c1cc(NC(=O)Nc2cccc(Cl)c2Cl)n(-c2ccc3oncc3c2)n1. The Morgan fingerprint density at radius 3 is 2.67 bits per heavy atom. The highest BCUT2D eigenvalue weighted by molar-refractivity contribution is 6.44. The van der Waals surface area contributed by atoms with Crippen LogP contribution in [0.15, 0.2) is 53.2 Å². The van der Waals surface area contributed by atoms with E-state index in [9.17, 15) is 4.79 Å². The molecular weight excluding hydrogens is 425 g/mol. The molecule has 9 heteroatoms. The summed E-state index contributed by atoms with van der Waals surface area (Å²) in [4.78, 5) is 12.7. The van der Waals surface area contributed by atoms with Crippen molar-refractivity contribution in [2.24, 2.45) is 0 Å². The molecule has 2 amide bonds. The van der Waals surface area contributed by atoms with E-state index in [1.165, 1.54) is 0 Å². The number of anilines is 2. The van der Waals surface area contributed by atoms with Crippen molar-refractivity contribution in [2.75, 3.05) is 10.6 Å². The zero-order valence-corrected chi connectivity index (χ0v) is 18.0. The number of rotatable bonds is 3. The van der Waals surface area contributed by atoms with Crippen LogP contribution in [-0.2, 0) is 5.41 Å². The molecule has 0 atom stereocenters. The molecule has 2 aromatic heterocycles. The number of aromatic nitrogens is 3. The average Bonchev–Trinajstić information content (AvgIpc) is 3.31. The van der Waals surface area contributed by atoms with Gasteiger partial charge in [-0.15, -0.1) is 0 Å². The van der Waals surface area contributed by atoms with Crippen LogP contribution in [-0.4, -0.2) is 21.0 Å². The van der Waals surface area contributed by atoms with Gasteiger partial charge in [-0.2, -0.15) is 5.10 Å². The Labute approximate surface area is 182 Å². The molecule has 0 aliphatic carbocycles. The Kier molecular flexibility index (Phi) is 5.17. The summed E-state index contributed by atoms with van der Waals surface area (Å²) < 4.78 is 6.84. The fraction of sp³-hybridized carbons (Fsp3) is 0.190. The second-order valence-corrected chi connectivity index (χ2v) is 8.59. The lowest BCUT2D eigenvalue weighted by Gasteiger charge is -2.14. The number of benzene rings is 2. The van der Waals surface area contributed by atoms with E-state index in [4.69, 9.17) is 32.8 Å². The van der Waals surface area contributed by atoms with Gasteiger partial charge in [0.2, 0.25) is 0 Å². The highest BCUT2D eigenvalue weighted by atomic mass is 35.5. The van der Waals surface area contributed by atoms with Crippen LogP contribution in [0.3, 0.4) is 0 Å². The quantitative estimate of drug-likeness (QED) is 0.391. The number of urea groups is 1. The second-order valence-electron chi connectivity index (χ2n) is 7.81. The monoisotopic (exact) mass is 443 g/mol. The molecule has 7 nitrogen and oxygen atoms in total. The van der Waals surface area contributed by atoms with Crippen molar-refractivity contribution in [3.05, 3.63) is 64.4 Å². The standard InChI is InChI=1S/C21H19Cl2N5O2/c1-21(2,3)17-10-18(26-20(29)25-15-6-4-5-14(22)19(15)23)28(27-17)13-7-8-16-12(9-13)11-24-30-16/h4-11H,1-3H3,(H2,25,26,29). The minimum absolute atomic E-state index is 0.213. The van der Waals surface area contributed by atoms with Crippen LogP contribution in [0.4, 0.5) is 16.3 Å². The first-order valence-corrected chi connectivity index (χ1v) is 9.95. The first kappa shape index (κ1) is 20.3. The van der Waals surface area contributed by atoms with Crippen LogP contribution in [0.1, 0.15) is 26.5 Å². The van der Waals surface area contributed by atoms with Crippen molar-refractivity contribution >= 4 is 51.7 Å². The number of nitrogens with one attached hydrogen (secondary N) is 2. The number of hydrogen-bond acceptors (Lipinski definition) is 4. The summed E-state index contributed by atoms with van der Waals surface area (Å²) in [6, 6.07) is 12.0. The van der Waals surface area contributed by atoms with E-state index in [2.05, 4.69) is 36.6 Å². The molecule has 30 heavy (non-hydrogen) atoms. The van der Waals surface area contributed by atoms with E-state index in [0.29, 0.717) is 22.1 Å². The summed E-state index contributed by atoms with van der Waals surface area (Å²) in [5, 5.41) is 15.6. The molecule has 0 fully saturated rings. The van der Waals surface area contributed by atoms with E-state index >= 15 is 0 Å². The minimum Gasteiger partial charge on any atom is -0.356 e. The molecule has 2 aromatic carbocycles. The van der Waals surface area contributed by atoms with Gasteiger partial charge in [-0.1, -0.05) is 55.2 Å². The topological polar surface area (TPSA) is 85.0 Å². The van der Waals surface area contributed by atoms with Crippen molar-refractivity contribution in [2.45, 2.75) is 26.2 Å². The van der Waals surface area contributed by atoms with Gasteiger partial charge in [0, 0.05) is 16.9 Å². The summed E-state index contributed by atoms with van der Waals surface area (Å²) in [5.74, 6) is 0.506. The van der Waals surface area contributed by atoms with E-state index in [1.807, 2.05) is 24.3 Å². The van der Waals surface area contributed by atoms with E-state index in [-0.39, 0.29) is 10.4 Å². The predicted molar refractivity (Wildman–Crippen MR) is 119 cm³/mol. The Hall–Kier alpha value is -3.03. The second kappa shape index (κ2) is 7.66. The fourth-order valence-electron chi connectivity index (χ4n) is 2.90. The lowest BCUT2D eigenvalue weighted by Crippen LogP contribution is -2.21. The number of hydrogen-bond donors (Lipinski definition) is 2. The van der Waals surface area contributed by atoms with Gasteiger partial charge in [0.15, 0.2) is 5.58 Å². The van der Waals surface area contributed by atoms with E-state index < -0.39 is 6.03 Å². The number of fused-ring (bicyclic) bond motifs is 1. The number of amides is 2.